The number of rotatable bonds is 9. The van der Waals surface area contributed by atoms with Crippen molar-refractivity contribution >= 4 is 11.0 Å². The Morgan fingerprint density at radius 1 is 1.10 bits per heavy atom. The van der Waals surface area contributed by atoms with E-state index in [1.165, 1.54) is 0 Å². The Hall–Kier alpha value is -4.42. The molecule has 2 saturated heterocycles. The standard InChI is InChI=1S/C29H30FN9O2/c1-38-16-20(12-35-38)27-36-26(25-22(41-8-7-30)14-34-28(25)37-27)19-4-5-23(32-11-19)29-9-21(13-31-17-29)39(29)15-18-3-6-24(40-2)33-10-18/h3-6,10-12,14,16,21,31H,7-9,13,15,17H2,1-2H3,(H,34,36,37). The minimum Gasteiger partial charge on any atom is -0.488 e. The summed E-state index contributed by atoms with van der Waals surface area (Å²) in [6.45, 7) is 1.92. The zero-order chi connectivity index (χ0) is 28.0. The van der Waals surface area contributed by atoms with Gasteiger partial charge in [0.25, 0.3) is 0 Å². The molecule has 7 rings (SSSR count). The molecule has 210 valence electrons. The van der Waals surface area contributed by atoms with Gasteiger partial charge in [-0.05, 0) is 24.1 Å². The van der Waals surface area contributed by atoms with Crippen molar-refractivity contribution in [3.63, 3.8) is 0 Å². The number of alkyl halides is 1. The minimum atomic E-state index is -0.590. The van der Waals surface area contributed by atoms with Gasteiger partial charge in [-0.15, -0.1) is 0 Å². The van der Waals surface area contributed by atoms with Crippen molar-refractivity contribution in [2.45, 2.75) is 24.5 Å². The molecule has 5 aromatic rings. The third kappa shape index (κ3) is 4.39. The van der Waals surface area contributed by atoms with Gasteiger partial charge in [-0.25, -0.2) is 19.3 Å². The Morgan fingerprint density at radius 3 is 2.73 bits per heavy atom. The summed E-state index contributed by atoms with van der Waals surface area (Å²) < 4.78 is 25.6. The van der Waals surface area contributed by atoms with E-state index in [-0.39, 0.29) is 12.1 Å². The van der Waals surface area contributed by atoms with E-state index < -0.39 is 6.67 Å². The summed E-state index contributed by atoms with van der Waals surface area (Å²) in [5.41, 5.74) is 4.81. The van der Waals surface area contributed by atoms with Gasteiger partial charge < -0.3 is 19.8 Å². The molecule has 2 aliphatic heterocycles. The van der Waals surface area contributed by atoms with E-state index >= 15 is 0 Å². The molecule has 2 fully saturated rings. The van der Waals surface area contributed by atoms with Gasteiger partial charge in [0, 0.05) is 69.1 Å². The normalized spacial score (nSPS) is 20.2. The molecule has 12 heteroatoms. The molecular formula is C29H30FN9O2. The zero-order valence-corrected chi connectivity index (χ0v) is 22.8. The number of fused-ring (bicyclic) bond motifs is 3. The van der Waals surface area contributed by atoms with Gasteiger partial charge >= 0.3 is 0 Å². The summed E-state index contributed by atoms with van der Waals surface area (Å²) in [7, 11) is 3.47. The van der Waals surface area contributed by atoms with Crippen molar-refractivity contribution in [3.05, 3.63) is 66.5 Å². The number of aromatic nitrogens is 7. The number of ether oxygens (including phenoxy) is 2. The van der Waals surface area contributed by atoms with Crippen LogP contribution in [0.3, 0.4) is 0 Å². The Balaban J connectivity index is 1.24. The lowest BCUT2D eigenvalue weighted by molar-refractivity contribution is -0.114. The Labute approximate surface area is 235 Å². The largest absolute Gasteiger partial charge is 0.488 e. The molecule has 2 bridgehead atoms. The highest BCUT2D eigenvalue weighted by Gasteiger charge is 2.55. The fraction of sp³-hybridized carbons (Fsp3) is 0.345. The number of nitrogens with zero attached hydrogens (tertiary/aromatic N) is 7. The molecule has 2 atom stereocenters. The fourth-order valence-corrected chi connectivity index (χ4v) is 6.05. The van der Waals surface area contributed by atoms with Gasteiger partial charge in [0.15, 0.2) is 5.82 Å². The predicted octanol–water partition coefficient (Wildman–Crippen LogP) is 3.25. The molecule has 11 nitrogen and oxygen atoms in total. The molecule has 0 spiro atoms. The topological polar surface area (TPSA) is 119 Å². The highest BCUT2D eigenvalue weighted by Crippen LogP contribution is 2.47. The van der Waals surface area contributed by atoms with Crippen LogP contribution in [0.15, 0.2) is 55.2 Å². The lowest BCUT2D eigenvalue weighted by atomic mass is 9.72. The van der Waals surface area contributed by atoms with E-state index in [1.807, 2.05) is 37.8 Å². The number of H-pyrrole nitrogens is 1. The van der Waals surface area contributed by atoms with E-state index in [2.05, 4.69) is 37.4 Å². The molecule has 2 N–H and O–H groups in total. The van der Waals surface area contributed by atoms with Crippen LogP contribution in [-0.4, -0.2) is 79.1 Å². The number of hydrogen-bond acceptors (Lipinski definition) is 9. The van der Waals surface area contributed by atoms with Gasteiger partial charge in [-0.3, -0.25) is 14.6 Å². The summed E-state index contributed by atoms with van der Waals surface area (Å²) in [5, 5.41) is 8.54. The second-order valence-electron chi connectivity index (χ2n) is 10.5. The van der Waals surface area contributed by atoms with Gasteiger partial charge in [0.2, 0.25) is 5.88 Å². The van der Waals surface area contributed by atoms with Crippen LogP contribution in [0.2, 0.25) is 0 Å². The third-order valence-corrected chi connectivity index (χ3v) is 8.03. The number of aromatic amines is 1. The molecule has 5 aromatic heterocycles. The summed E-state index contributed by atoms with van der Waals surface area (Å²) in [6, 6.07) is 8.54. The molecule has 7 heterocycles. The van der Waals surface area contributed by atoms with Crippen molar-refractivity contribution in [2.24, 2.45) is 7.05 Å². The maximum absolute atomic E-state index is 13.0. The number of pyridine rings is 2. The number of hydrogen-bond donors (Lipinski definition) is 2. The number of methoxy groups -OCH3 is 1. The molecule has 41 heavy (non-hydrogen) atoms. The average molecular weight is 556 g/mol. The van der Waals surface area contributed by atoms with Crippen LogP contribution in [0.5, 0.6) is 11.6 Å². The van der Waals surface area contributed by atoms with E-state index in [9.17, 15) is 4.39 Å². The molecule has 0 saturated carbocycles. The van der Waals surface area contributed by atoms with E-state index in [1.54, 1.807) is 24.2 Å². The van der Waals surface area contributed by atoms with Crippen molar-refractivity contribution in [1.82, 2.24) is 44.9 Å². The van der Waals surface area contributed by atoms with Crippen molar-refractivity contribution in [2.75, 3.05) is 33.5 Å². The third-order valence-electron chi connectivity index (χ3n) is 8.03. The average Bonchev–Trinajstić information content (AvgIpc) is 3.65. The van der Waals surface area contributed by atoms with Crippen LogP contribution in [-0.2, 0) is 19.1 Å². The Morgan fingerprint density at radius 2 is 2.02 bits per heavy atom. The van der Waals surface area contributed by atoms with Gasteiger partial charge in [0.1, 0.15) is 24.7 Å². The van der Waals surface area contributed by atoms with Crippen LogP contribution < -0.4 is 14.8 Å². The van der Waals surface area contributed by atoms with Gasteiger partial charge in [0.05, 0.1) is 41.2 Å². The molecule has 2 unspecified atom stereocenters. The first-order chi connectivity index (χ1) is 20.1. The summed E-state index contributed by atoms with van der Waals surface area (Å²) in [4.78, 5) is 24.7. The number of piperazine rings is 1. The van der Waals surface area contributed by atoms with Crippen molar-refractivity contribution in [1.29, 1.82) is 0 Å². The van der Waals surface area contributed by atoms with Crippen LogP contribution in [0.1, 0.15) is 17.7 Å². The van der Waals surface area contributed by atoms with Crippen molar-refractivity contribution in [3.8, 4) is 34.3 Å². The monoisotopic (exact) mass is 555 g/mol. The summed E-state index contributed by atoms with van der Waals surface area (Å²) >= 11 is 0. The highest BCUT2D eigenvalue weighted by molar-refractivity contribution is 5.96. The first-order valence-corrected chi connectivity index (χ1v) is 13.6. The number of halogens is 1. The highest BCUT2D eigenvalue weighted by atomic mass is 19.1. The van der Waals surface area contributed by atoms with Crippen molar-refractivity contribution < 1.29 is 13.9 Å². The molecule has 0 aliphatic carbocycles. The SMILES string of the molecule is COc1ccc(CN2C3CNCC2(c2ccc(-c4nc(-c5cnn(C)c5)nc5[nH]cc(OCCF)c45)cn2)C3)cn1. The maximum Gasteiger partial charge on any atom is 0.212 e. The quantitative estimate of drug-likeness (QED) is 0.283. The minimum absolute atomic E-state index is 0.0514. The van der Waals surface area contributed by atoms with E-state index in [0.717, 1.165) is 48.4 Å². The zero-order valence-electron chi connectivity index (χ0n) is 22.8. The number of nitrogens with one attached hydrogen (secondary N) is 2. The Kier molecular flexibility index (Phi) is 6.36. The second-order valence-corrected chi connectivity index (χ2v) is 10.5. The summed E-state index contributed by atoms with van der Waals surface area (Å²) in [6.07, 6.45) is 10.1. The number of piperidine rings is 1. The maximum atomic E-state index is 13.0. The van der Waals surface area contributed by atoms with Gasteiger partial charge in [-0.1, -0.05) is 6.07 Å². The second kappa shape index (κ2) is 10.2. The number of aryl methyl sites for hydroxylation is 1. The molecule has 0 aromatic carbocycles. The molecule has 0 radical (unpaired) electrons. The first kappa shape index (κ1) is 25.5. The van der Waals surface area contributed by atoms with E-state index in [4.69, 9.17) is 24.4 Å². The van der Waals surface area contributed by atoms with Crippen LogP contribution in [0.4, 0.5) is 4.39 Å². The fourth-order valence-electron chi connectivity index (χ4n) is 6.05. The van der Waals surface area contributed by atoms with Crippen LogP contribution in [0.25, 0.3) is 33.7 Å². The van der Waals surface area contributed by atoms with Crippen LogP contribution in [0, 0.1) is 0 Å². The molecule has 2 aliphatic rings. The Bertz CT molecular complexity index is 1680. The lowest BCUT2D eigenvalue weighted by Gasteiger charge is -2.62. The first-order valence-electron chi connectivity index (χ1n) is 13.6. The van der Waals surface area contributed by atoms with Crippen LogP contribution >= 0.6 is 0 Å². The molecule has 0 amide bonds. The lowest BCUT2D eigenvalue weighted by Crippen LogP contribution is -2.73. The summed E-state index contributed by atoms with van der Waals surface area (Å²) in [5.74, 6) is 1.64. The molecular weight excluding hydrogens is 525 g/mol. The smallest absolute Gasteiger partial charge is 0.212 e. The van der Waals surface area contributed by atoms with Gasteiger partial charge in [-0.2, -0.15) is 5.10 Å². The van der Waals surface area contributed by atoms with E-state index in [0.29, 0.717) is 40.2 Å². The predicted molar refractivity (Wildman–Crippen MR) is 150 cm³/mol.